The van der Waals surface area contributed by atoms with Crippen molar-refractivity contribution in [1.82, 2.24) is 0 Å². The first-order valence-corrected chi connectivity index (χ1v) is 17.5. The van der Waals surface area contributed by atoms with Crippen molar-refractivity contribution in [3.63, 3.8) is 0 Å². The van der Waals surface area contributed by atoms with E-state index in [4.69, 9.17) is 4.74 Å². The van der Waals surface area contributed by atoms with Gasteiger partial charge in [-0.2, -0.15) is 52.7 Å². The number of halogens is 12. The fourth-order valence-corrected chi connectivity index (χ4v) is 9.72. The largest absolute Gasteiger partial charge is 0.426 e. The van der Waals surface area contributed by atoms with Crippen molar-refractivity contribution in [2.24, 2.45) is 59.2 Å². The standard InChI is InChI=1S/C19H30F6O2.C15H22F6O.4CH4/c1-5-26-12(4)27-17(18(20,21)22,19(23,24)25)7-6-14-8-13-9-15(11(2)3)16(14)10-13;1-8(2)11-6-9-5-10(12(11)7-9)3-4-13(22,14(16,17)18)15(19,20)21;;;;/h11-16H,5-10H2,1-4H3;8-12,22H,3-7H2,1-2H3;4*1H4. The molecule has 4 saturated carbocycles. The van der Waals surface area contributed by atoms with E-state index in [2.05, 4.69) is 18.6 Å². The molecule has 0 radical (unpaired) electrons. The number of ether oxygens (including phenoxy) is 2. The molecule has 322 valence electrons. The van der Waals surface area contributed by atoms with Crippen molar-refractivity contribution < 1.29 is 67.3 Å². The molecule has 53 heavy (non-hydrogen) atoms. The van der Waals surface area contributed by atoms with E-state index in [-0.39, 0.29) is 72.8 Å². The number of hydrogen-bond donors (Lipinski definition) is 1. The third-order valence-electron chi connectivity index (χ3n) is 12.1. The van der Waals surface area contributed by atoms with Crippen LogP contribution in [0.3, 0.4) is 0 Å². The van der Waals surface area contributed by atoms with Crippen LogP contribution in [0.2, 0.25) is 0 Å². The summed E-state index contributed by atoms with van der Waals surface area (Å²) in [6.07, 6.45) is -21.6. The zero-order valence-electron chi connectivity index (χ0n) is 28.9. The van der Waals surface area contributed by atoms with Crippen LogP contribution < -0.4 is 0 Å². The number of aliphatic hydroxyl groups is 1. The number of hydrogen-bond acceptors (Lipinski definition) is 3. The highest BCUT2D eigenvalue weighted by Crippen LogP contribution is 2.59. The van der Waals surface area contributed by atoms with E-state index in [0.29, 0.717) is 41.9 Å². The normalized spacial score (nSPS) is 29.2. The average Bonchev–Trinajstić information content (AvgIpc) is 3.72. The molecule has 4 aliphatic carbocycles. The van der Waals surface area contributed by atoms with E-state index >= 15 is 0 Å². The Labute approximate surface area is 310 Å². The van der Waals surface area contributed by atoms with Gasteiger partial charge in [-0.3, -0.25) is 0 Å². The van der Waals surface area contributed by atoms with Gasteiger partial charge < -0.3 is 14.6 Å². The van der Waals surface area contributed by atoms with E-state index in [1.54, 1.807) is 0 Å². The zero-order valence-corrected chi connectivity index (χ0v) is 28.9. The van der Waals surface area contributed by atoms with E-state index < -0.39 is 55.0 Å². The van der Waals surface area contributed by atoms with Crippen LogP contribution in [0.5, 0.6) is 0 Å². The molecule has 0 spiro atoms. The molecule has 4 rings (SSSR count). The monoisotopic (exact) mass is 800 g/mol. The van der Waals surface area contributed by atoms with Crippen LogP contribution in [-0.4, -0.2) is 53.9 Å². The molecule has 0 aromatic heterocycles. The molecule has 0 saturated heterocycles. The lowest BCUT2D eigenvalue weighted by atomic mass is 9.73. The maximum Gasteiger partial charge on any atom is 0.426 e. The number of alkyl halides is 12. The van der Waals surface area contributed by atoms with Gasteiger partial charge in [-0.1, -0.05) is 57.4 Å². The molecule has 4 aliphatic rings. The molecule has 15 heteroatoms. The molecular weight excluding hydrogens is 732 g/mol. The van der Waals surface area contributed by atoms with Gasteiger partial charge in [-0.05, 0) is 137 Å². The van der Waals surface area contributed by atoms with E-state index in [1.165, 1.54) is 6.92 Å². The summed E-state index contributed by atoms with van der Waals surface area (Å²) in [5.74, 6) is 2.60. The Morgan fingerprint density at radius 2 is 0.906 bits per heavy atom. The van der Waals surface area contributed by atoms with Gasteiger partial charge in [-0.25, -0.2) is 0 Å². The molecule has 1 N–H and O–H groups in total. The average molecular weight is 801 g/mol. The second-order valence-electron chi connectivity index (χ2n) is 15.7. The number of rotatable bonds is 12. The van der Waals surface area contributed by atoms with Crippen LogP contribution in [0.25, 0.3) is 0 Å². The van der Waals surface area contributed by atoms with Crippen molar-refractivity contribution in [1.29, 1.82) is 0 Å². The summed E-state index contributed by atoms with van der Waals surface area (Å²) in [6.45, 7) is 10.8. The molecule has 9 unspecified atom stereocenters. The van der Waals surface area contributed by atoms with Gasteiger partial charge in [0.05, 0.1) is 0 Å². The summed E-state index contributed by atoms with van der Waals surface area (Å²) in [4.78, 5) is 0. The Morgan fingerprint density at radius 3 is 1.19 bits per heavy atom. The summed E-state index contributed by atoms with van der Waals surface area (Å²) in [6, 6.07) is 0. The maximum absolute atomic E-state index is 13.6. The summed E-state index contributed by atoms with van der Waals surface area (Å²) in [7, 11) is 0. The van der Waals surface area contributed by atoms with Crippen LogP contribution in [0.15, 0.2) is 0 Å². The van der Waals surface area contributed by atoms with Gasteiger partial charge in [0.1, 0.15) is 0 Å². The van der Waals surface area contributed by atoms with Crippen LogP contribution in [0.1, 0.15) is 135 Å². The van der Waals surface area contributed by atoms with E-state index in [1.807, 2.05) is 13.8 Å². The Morgan fingerprint density at radius 1 is 0.547 bits per heavy atom. The van der Waals surface area contributed by atoms with Gasteiger partial charge in [0.25, 0.3) is 11.2 Å². The highest BCUT2D eigenvalue weighted by molar-refractivity contribution is 5.02. The third kappa shape index (κ3) is 11.6. The van der Waals surface area contributed by atoms with Gasteiger partial charge in [0.15, 0.2) is 6.29 Å². The molecule has 0 aromatic carbocycles. The quantitative estimate of drug-likeness (QED) is 0.158. The van der Waals surface area contributed by atoms with Gasteiger partial charge >= 0.3 is 24.7 Å². The van der Waals surface area contributed by atoms with Gasteiger partial charge in [-0.15, -0.1) is 0 Å². The number of fused-ring (bicyclic) bond motifs is 4. The molecular formula is C38H68F12O3. The lowest BCUT2D eigenvalue weighted by molar-refractivity contribution is -0.409. The van der Waals surface area contributed by atoms with Crippen LogP contribution in [0.4, 0.5) is 52.7 Å². The van der Waals surface area contributed by atoms with Crippen molar-refractivity contribution in [3.05, 3.63) is 0 Å². The first-order valence-electron chi connectivity index (χ1n) is 17.5. The molecule has 0 aliphatic heterocycles. The van der Waals surface area contributed by atoms with Gasteiger partial charge in [0, 0.05) is 6.61 Å². The molecule has 0 amide bonds. The minimum absolute atomic E-state index is 0. The second-order valence-corrected chi connectivity index (χ2v) is 15.7. The van der Waals surface area contributed by atoms with Crippen molar-refractivity contribution in [2.75, 3.05) is 6.61 Å². The molecule has 4 bridgehead atoms. The second kappa shape index (κ2) is 19.5. The van der Waals surface area contributed by atoms with Crippen LogP contribution in [-0.2, 0) is 9.47 Å². The lowest BCUT2D eigenvalue weighted by Crippen LogP contribution is -2.60. The lowest BCUT2D eigenvalue weighted by Gasteiger charge is -2.40. The smallest absolute Gasteiger partial charge is 0.374 e. The molecule has 0 aromatic rings. The molecule has 3 nitrogen and oxygen atoms in total. The Kier molecular flexibility index (Phi) is 19.9. The predicted octanol–water partition coefficient (Wildman–Crippen LogP) is 13.8. The van der Waals surface area contributed by atoms with E-state index in [0.717, 1.165) is 39.0 Å². The minimum atomic E-state index is -5.69. The Balaban J connectivity index is 0. The zero-order chi connectivity index (χ0) is 37.5. The molecule has 9 atom stereocenters. The summed E-state index contributed by atoms with van der Waals surface area (Å²) < 4.78 is 167. The third-order valence-corrected chi connectivity index (χ3v) is 12.1. The SMILES string of the molecule is C.C.C.C.CC(C)C1CC2CC(CCC(O)(C(F)(F)F)C(F)(F)F)C1C2.CCOC(C)OC(CCC1CC2CC(C(C)C)C1C2)(C(F)(F)F)C(F)(F)F. The topological polar surface area (TPSA) is 38.7 Å². The van der Waals surface area contributed by atoms with Crippen molar-refractivity contribution >= 4 is 0 Å². The first kappa shape index (κ1) is 54.1. The highest BCUT2D eigenvalue weighted by Gasteiger charge is 2.73. The predicted molar refractivity (Wildman–Crippen MR) is 185 cm³/mol. The minimum Gasteiger partial charge on any atom is -0.374 e. The fraction of sp³-hybridized carbons (Fsp3) is 1.00. The molecule has 4 fully saturated rings. The van der Waals surface area contributed by atoms with Crippen LogP contribution >= 0.6 is 0 Å². The maximum atomic E-state index is 13.6. The Bertz CT molecular complexity index is 1020. The van der Waals surface area contributed by atoms with Crippen molar-refractivity contribution in [2.45, 2.75) is 178 Å². The summed E-state index contributed by atoms with van der Waals surface area (Å²) >= 11 is 0. The van der Waals surface area contributed by atoms with Gasteiger partial charge in [0.2, 0.25) is 0 Å². The van der Waals surface area contributed by atoms with Crippen molar-refractivity contribution in [3.8, 4) is 0 Å². The highest BCUT2D eigenvalue weighted by atomic mass is 19.4. The fourth-order valence-electron chi connectivity index (χ4n) is 9.72. The summed E-state index contributed by atoms with van der Waals surface area (Å²) in [5, 5.41) is 9.24. The van der Waals surface area contributed by atoms with E-state index in [9.17, 15) is 57.8 Å². The Hall–Kier alpha value is -0.960. The van der Waals surface area contributed by atoms with Crippen LogP contribution in [0, 0.1) is 59.2 Å². The first-order chi connectivity index (χ1) is 22.2. The molecule has 0 heterocycles. The summed E-state index contributed by atoms with van der Waals surface area (Å²) in [5.41, 5.74) is -8.78.